The van der Waals surface area contributed by atoms with Crippen molar-refractivity contribution in [3.8, 4) is 0 Å². The van der Waals surface area contributed by atoms with E-state index in [0.29, 0.717) is 16.5 Å². The standard InChI is InChI=1S/C17H21Cl2FO2/c1-10(2)17-8-15(16(3,22-17)7-14(17)19)21-9-11-12(18)5-4-6-13(11)20/h4-6,10,14-15H,7-9H2,1-3H3. The van der Waals surface area contributed by atoms with E-state index in [1.807, 2.05) is 6.92 Å². The van der Waals surface area contributed by atoms with Crippen LogP contribution in [0.25, 0.3) is 0 Å². The second-order valence-electron chi connectivity index (χ2n) is 6.90. The summed E-state index contributed by atoms with van der Waals surface area (Å²) >= 11 is 12.6. The molecule has 2 aliphatic heterocycles. The van der Waals surface area contributed by atoms with Crippen molar-refractivity contribution in [3.63, 3.8) is 0 Å². The molecule has 0 N–H and O–H groups in total. The molecule has 4 atom stereocenters. The van der Waals surface area contributed by atoms with Crippen LogP contribution in [-0.4, -0.2) is 22.7 Å². The molecule has 2 saturated heterocycles. The third-order valence-electron chi connectivity index (χ3n) is 5.19. The highest BCUT2D eigenvalue weighted by Crippen LogP contribution is 2.57. The SMILES string of the molecule is CC(C)C12CC(OCc3c(F)cccc3Cl)C(C)(CC1Cl)O2. The topological polar surface area (TPSA) is 18.5 Å². The third-order valence-corrected chi connectivity index (χ3v) is 6.07. The van der Waals surface area contributed by atoms with E-state index in [9.17, 15) is 4.39 Å². The van der Waals surface area contributed by atoms with E-state index >= 15 is 0 Å². The van der Waals surface area contributed by atoms with E-state index in [1.165, 1.54) is 6.07 Å². The first kappa shape index (κ1) is 16.5. The van der Waals surface area contributed by atoms with Gasteiger partial charge in [-0.1, -0.05) is 31.5 Å². The third kappa shape index (κ3) is 2.47. The summed E-state index contributed by atoms with van der Waals surface area (Å²) in [5, 5.41) is 0.386. The van der Waals surface area contributed by atoms with Gasteiger partial charge >= 0.3 is 0 Å². The van der Waals surface area contributed by atoms with Gasteiger partial charge < -0.3 is 9.47 Å². The Balaban J connectivity index is 1.75. The molecule has 2 bridgehead atoms. The molecular weight excluding hydrogens is 326 g/mol. The lowest BCUT2D eigenvalue weighted by Crippen LogP contribution is -2.45. The van der Waals surface area contributed by atoms with E-state index < -0.39 is 5.60 Å². The summed E-state index contributed by atoms with van der Waals surface area (Å²) in [6.07, 6.45) is 1.39. The molecule has 0 amide bonds. The number of benzene rings is 1. The second kappa shape index (κ2) is 5.62. The van der Waals surface area contributed by atoms with Crippen molar-refractivity contribution >= 4 is 23.2 Å². The zero-order chi connectivity index (χ0) is 16.1. The van der Waals surface area contributed by atoms with Crippen LogP contribution in [0.2, 0.25) is 5.02 Å². The summed E-state index contributed by atoms with van der Waals surface area (Å²) in [4.78, 5) is 0. The van der Waals surface area contributed by atoms with Crippen molar-refractivity contribution in [1.29, 1.82) is 0 Å². The number of rotatable bonds is 4. The van der Waals surface area contributed by atoms with Crippen LogP contribution in [0.15, 0.2) is 18.2 Å². The summed E-state index contributed by atoms with van der Waals surface area (Å²) in [5.41, 5.74) is -0.356. The zero-order valence-corrected chi connectivity index (χ0v) is 14.5. The first-order valence-electron chi connectivity index (χ1n) is 7.67. The average Bonchev–Trinajstić information content (AvgIpc) is 2.86. The number of alkyl halides is 1. The fraction of sp³-hybridized carbons (Fsp3) is 0.647. The lowest BCUT2D eigenvalue weighted by molar-refractivity contribution is -0.0959. The lowest BCUT2D eigenvalue weighted by atomic mass is 9.75. The Hall–Kier alpha value is -0.350. The Morgan fingerprint density at radius 2 is 2.14 bits per heavy atom. The smallest absolute Gasteiger partial charge is 0.130 e. The Bertz CT molecular complexity index is 560. The van der Waals surface area contributed by atoms with Crippen molar-refractivity contribution in [2.45, 2.75) is 62.9 Å². The highest BCUT2D eigenvalue weighted by Gasteiger charge is 2.65. The van der Waals surface area contributed by atoms with Crippen molar-refractivity contribution < 1.29 is 13.9 Å². The van der Waals surface area contributed by atoms with Gasteiger partial charge in [-0.3, -0.25) is 0 Å². The van der Waals surface area contributed by atoms with Crippen LogP contribution in [0.1, 0.15) is 39.2 Å². The molecule has 2 fully saturated rings. The normalized spacial score (nSPS) is 37.2. The fourth-order valence-electron chi connectivity index (χ4n) is 3.75. The molecule has 4 unspecified atom stereocenters. The summed E-state index contributed by atoms with van der Waals surface area (Å²) in [6, 6.07) is 4.66. The first-order chi connectivity index (χ1) is 10.3. The van der Waals surface area contributed by atoms with Crippen molar-refractivity contribution in [2.24, 2.45) is 5.92 Å². The highest BCUT2D eigenvalue weighted by atomic mass is 35.5. The molecule has 2 heterocycles. The van der Waals surface area contributed by atoms with Gasteiger partial charge in [0.2, 0.25) is 0 Å². The van der Waals surface area contributed by atoms with E-state index in [0.717, 1.165) is 12.8 Å². The Morgan fingerprint density at radius 3 is 2.73 bits per heavy atom. The van der Waals surface area contributed by atoms with Crippen molar-refractivity contribution in [3.05, 3.63) is 34.6 Å². The molecule has 2 nitrogen and oxygen atoms in total. The summed E-state index contributed by atoms with van der Waals surface area (Å²) in [6.45, 7) is 6.43. The fourth-order valence-corrected chi connectivity index (χ4v) is 4.65. The summed E-state index contributed by atoms with van der Waals surface area (Å²) < 4.78 is 26.2. The van der Waals surface area contributed by atoms with Gasteiger partial charge in [0.15, 0.2) is 0 Å². The van der Waals surface area contributed by atoms with Gasteiger partial charge in [-0.15, -0.1) is 11.6 Å². The van der Waals surface area contributed by atoms with Gasteiger partial charge in [0.1, 0.15) is 5.82 Å². The molecule has 22 heavy (non-hydrogen) atoms. The molecule has 5 heteroatoms. The Labute approximate surface area is 140 Å². The molecule has 2 aliphatic rings. The van der Waals surface area contributed by atoms with E-state index in [2.05, 4.69) is 13.8 Å². The molecule has 0 aliphatic carbocycles. The summed E-state index contributed by atoms with van der Waals surface area (Å²) in [5.74, 6) is -0.0296. The van der Waals surface area contributed by atoms with Gasteiger partial charge in [0.25, 0.3) is 0 Å². The number of ether oxygens (including phenoxy) is 2. The van der Waals surface area contributed by atoms with Crippen LogP contribution in [0.4, 0.5) is 4.39 Å². The lowest BCUT2D eigenvalue weighted by Gasteiger charge is -2.35. The van der Waals surface area contributed by atoms with E-state index in [1.54, 1.807) is 12.1 Å². The average molecular weight is 347 g/mol. The molecule has 122 valence electrons. The molecule has 1 aromatic carbocycles. The first-order valence-corrected chi connectivity index (χ1v) is 8.49. The second-order valence-corrected chi connectivity index (χ2v) is 7.83. The minimum atomic E-state index is -0.408. The molecule has 0 radical (unpaired) electrons. The molecule has 1 aromatic rings. The maximum atomic E-state index is 13.9. The number of hydrogen-bond donors (Lipinski definition) is 0. The minimum absolute atomic E-state index is 0.00519. The monoisotopic (exact) mass is 346 g/mol. The van der Waals surface area contributed by atoms with Crippen molar-refractivity contribution in [1.82, 2.24) is 0 Å². The number of fused-ring (bicyclic) bond motifs is 2. The van der Waals surface area contributed by atoms with Crippen LogP contribution in [-0.2, 0) is 16.1 Å². The van der Waals surface area contributed by atoms with Crippen LogP contribution < -0.4 is 0 Å². The van der Waals surface area contributed by atoms with Gasteiger partial charge in [0.05, 0.1) is 29.3 Å². The van der Waals surface area contributed by atoms with Gasteiger partial charge in [0, 0.05) is 17.0 Å². The predicted molar refractivity (Wildman–Crippen MR) is 85.9 cm³/mol. The van der Waals surface area contributed by atoms with Crippen LogP contribution in [0.5, 0.6) is 0 Å². The molecule has 3 rings (SSSR count). The van der Waals surface area contributed by atoms with Crippen molar-refractivity contribution in [2.75, 3.05) is 0 Å². The number of halogens is 3. The van der Waals surface area contributed by atoms with Crippen LogP contribution in [0, 0.1) is 11.7 Å². The van der Waals surface area contributed by atoms with E-state index in [-0.39, 0.29) is 29.5 Å². The van der Waals surface area contributed by atoms with E-state index in [4.69, 9.17) is 32.7 Å². The number of hydrogen-bond acceptors (Lipinski definition) is 2. The maximum Gasteiger partial charge on any atom is 0.130 e. The van der Waals surface area contributed by atoms with Crippen LogP contribution >= 0.6 is 23.2 Å². The Kier molecular flexibility index (Phi) is 4.22. The largest absolute Gasteiger partial charge is 0.370 e. The molecule has 0 spiro atoms. The molecular formula is C17H21Cl2FO2. The van der Waals surface area contributed by atoms with Crippen LogP contribution in [0.3, 0.4) is 0 Å². The highest BCUT2D eigenvalue weighted by molar-refractivity contribution is 6.31. The maximum absolute atomic E-state index is 13.9. The van der Waals surface area contributed by atoms with Gasteiger partial charge in [-0.2, -0.15) is 0 Å². The quantitative estimate of drug-likeness (QED) is 0.718. The van der Waals surface area contributed by atoms with Gasteiger partial charge in [-0.25, -0.2) is 4.39 Å². The minimum Gasteiger partial charge on any atom is -0.370 e. The molecule has 0 saturated carbocycles. The summed E-state index contributed by atoms with van der Waals surface area (Å²) in [7, 11) is 0. The molecule has 0 aromatic heterocycles. The van der Waals surface area contributed by atoms with Gasteiger partial charge in [-0.05, 0) is 31.4 Å². The predicted octanol–water partition coefficient (Wildman–Crippen LogP) is 4.95. The Morgan fingerprint density at radius 1 is 1.41 bits per heavy atom. The zero-order valence-electron chi connectivity index (χ0n) is 13.0.